The zero-order valence-corrected chi connectivity index (χ0v) is 15.0. The number of carbonyl (C=O) groups excluding carboxylic acids is 2. The molecule has 2 N–H and O–H groups in total. The van der Waals surface area contributed by atoms with Gasteiger partial charge < -0.3 is 10.6 Å². The van der Waals surface area contributed by atoms with Crippen LogP contribution in [0.5, 0.6) is 0 Å². The number of nitrogens with zero attached hydrogens (tertiary/aromatic N) is 1. The number of rotatable bonds is 4. The lowest BCUT2D eigenvalue weighted by molar-refractivity contribution is -0.130. The number of thioether (sulfide) groups is 1. The first-order valence-corrected chi connectivity index (χ1v) is 9.20. The molecule has 1 fully saturated rings. The van der Waals surface area contributed by atoms with Gasteiger partial charge in [-0.25, -0.2) is 0 Å². The molecule has 1 aromatic rings. The Kier molecular flexibility index (Phi) is 6.39. The summed E-state index contributed by atoms with van der Waals surface area (Å²) in [5, 5.41) is 0.936. The molecular formula is C16H18Cl2N2O2S. The summed E-state index contributed by atoms with van der Waals surface area (Å²) in [6, 6.07) is 3.71. The van der Waals surface area contributed by atoms with Crippen molar-refractivity contribution >= 4 is 52.9 Å². The summed E-state index contributed by atoms with van der Waals surface area (Å²) in [5.41, 5.74) is 6.00. The van der Waals surface area contributed by atoms with Gasteiger partial charge >= 0.3 is 0 Å². The van der Waals surface area contributed by atoms with E-state index in [-0.39, 0.29) is 17.7 Å². The van der Waals surface area contributed by atoms with E-state index in [1.165, 1.54) is 17.8 Å². The number of benzene rings is 1. The lowest BCUT2D eigenvalue weighted by atomic mass is 9.96. The van der Waals surface area contributed by atoms with Gasteiger partial charge in [-0.05, 0) is 36.8 Å². The van der Waals surface area contributed by atoms with E-state index in [2.05, 4.69) is 0 Å². The maximum atomic E-state index is 12.2. The minimum atomic E-state index is -0.289. The van der Waals surface area contributed by atoms with Gasteiger partial charge in [-0.15, -0.1) is 11.8 Å². The molecule has 0 aliphatic carbocycles. The van der Waals surface area contributed by atoms with Crippen molar-refractivity contribution in [3.05, 3.63) is 33.8 Å². The minimum absolute atomic E-state index is 0.103. The molecule has 0 radical (unpaired) electrons. The quantitative estimate of drug-likeness (QED) is 0.650. The monoisotopic (exact) mass is 372 g/mol. The maximum absolute atomic E-state index is 12.2. The zero-order valence-electron chi connectivity index (χ0n) is 12.7. The third-order valence-electron chi connectivity index (χ3n) is 3.91. The van der Waals surface area contributed by atoms with Crippen LogP contribution in [-0.2, 0) is 9.59 Å². The SMILES string of the molecule is CSc1ccc(/C=C/C(=O)N2CCC(C(N)=O)CC2)c(Cl)c1Cl. The Morgan fingerprint density at radius 3 is 2.48 bits per heavy atom. The highest BCUT2D eigenvalue weighted by molar-refractivity contribution is 7.98. The smallest absolute Gasteiger partial charge is 0.246 e. The summed E-state index contributed by atoms with van der Waals surface area (Å²) in [7, 11) is 0. The number of amides is 2. The highest BCUT2D eigenvalue weighted by Gasteiger charge is 2.24. The highest BCUT2D eigenvalue weighted by Crippen LogP contribution is 2.35. The molecule has 1 heterocycles. The molecule has 0 saturated carbocycles. The van der Waals surface area contributed by atoms with Gasteiger partial charge in [0.1, 0.15) is 0 Å². The molecule has 2 rings (SSSR count). The molecule has 7 heteroatoms. The Balaban J connectivity index is 2.02. The van der Waals surface area contributed by atoms with Crippen LogP contribution >= 0.6 is 35.0 Å². The molecule has 124 valence electrons. The van der Waals surface area contributed by atoms with Gasteiger partial charge in [0.05, 0.1) is 10.0 Å². The maximum Gasteiger partial charge on any atom is 0.246 e. The van der Waals surface area contributed by atoms with Crippen LogP contribution in [0.1, 0.15) is 18.4 Å². The normalized spacial score (nSPS) is 16.0. The average molecular weight is 373 g/mol. The van der Waals surface area contributed by atoms with Gasteiger partial charge in [0.2, 0.25) is 11.8 Å². The number of primary amides is 1. The van der Waals surface area contributed by atoms with Crippen molar-refractivity contribution in [2.75, 3.05) is 19.3 Å². The molecule has 1 saturated heterocycles. The second-order valence-electron chi connectivity index (χ2n) is 5.32. The molecule has 0 aromatic heterocycles. The fourth-order valence-corrected chi connectivity index (χ4v) is 3.66. The molecule has 1 aliphatic rings. The van der Waals surface area contributed by atoms with Crippen LogP contribution < -0.4 is 5.73 Å². The molecule has 0 unspecified atom stereocenters. The number of nitrogens with two attached hydrogens (primary N) is 1. The van der Waals surface area contributed by atoms with E-state index >= 15 is 0 Å². The average Bonchev–Trinajstić information content (AvgIpc) is 2.56. The van der Waals surface area contributed by atoms with Crippen molar-refractivity contribution in [3.8, 4) is 0 Å². The van der Waals surface area contributed by atoms with E-state index in [0.29, 0.717) is 41.5 Å². The van der Waals surface area contributed by atoms with E-state index in [1.807, 2.05) is 18.4 Å². The van der Waals surface area contributed by atoms with Crippen molar-refractivity contribution in [3.63, 3.8) is 0 Å². The van der Waals surface area contributed by atoms with Crippen LogP contribution in [0, 0.1) is 5.92 Å². The van der Waals surface area contributed by atoms with Crippen LogP contribution in [0.3, 0.4) is 0 Å². The molecule has 2 amide bonds. The van der Waals surface area contributed by atoms with E-state index in [4.69, 9.17) is 28.9 Å². The summed E-state index contributed by atoms with van der Waals surface area (Å²) in [4.78, 5) is 26.0. The van der Waals surface area contributed by atoms with Crippen LogP contribution in [0.25, 0.3) is 6.08 Å². The number of hydrogen-bond acceptors (Lipinski definition) is 3. The largest absolute Gasteiger partial charge is 0.369 e. The molecule has 4 nitrogen and oxygen atoms in total. The summed E-state index contributed by atoms with van der Waals surface area (Å²) in [6.07, 6.45) is 6.31. The number of halogens is 2. The number of piperidine rings is 1. The fourth-order valence-electron chi connectivity index (χ4n) is 2.48. The fraction of sp³-hybridized carbons (Fsp3) is 0.375. The number of hydrogen-bond donors (Lipinski definition) is 1. The topological polar surface area (TPSA) is 63.4 Å². The number of carbonyl (C=O) groups is 2. The molecule has 1 aliphatic heterocycles. The Morgan fingerprint density at radius 2 is 1.91 bits per heavy atom. The van der Waals surface area contributed by atoms with Crippen molar-refractivity contribution in [2.45, 2.75) is 17.7 Å². The van der Waals surface area contributed by atoms with E-state index in [1.54, 1.807) is 11.0 Å². The van der Waals surface area contributed by atoms with Crippen LogP contribution in [0.2, 0.25) is 10.0 Å². The predicted octanol–water partition coefficient (Wildman–Crippen LogP) is 3.45. The Labute approximate surface area is 150 Å². The molecular weight excluding hydrogens is 355 g/mol. The summed E-state index contributed by atoms with van der Waals surface area (Å²) < 4.78 is 0. The second-order valence-corrected chi connectivity index (χ2v) is 6.92. The zero-order chi connectivity index (χ0) is 17.0. The molecule has 1 aromatic carbocycles. The lowest BCUT2D eigenvalue weighted by Crippen LogP contribution is -2.41. The first kappa shape index (κ1) is 18.2. The standard InChI is InChI=1S/C16H18Cl2N2O2S/c1-23-12-4-2-10(14(17)15(12)18)3-5-13(21)20-8-6-11(7-9-20)16(19)22/h2-5,11H,6-9H2,1H3,(H2,19,22)/b5-3+. The Hall–Kier alpha value is -1.17. The lowest BCUT2D eigenvalue weighted by Gasteiger charge is -2.29. The predicted molar refractivity (Wildman–Crippen MR) is 95.8 cm³/mol. The van der Waals surface area contributed by atoms with Gasteiger partial charge in [0.25, 0.3) is 0 Å². The van der Waals surface area contributed by atoms with Gasteiger partial charge in [0.15, 0.2) is 0 Å². The molecule has 0 atom stereocenters. The van der Waals surface area contributed by atoms with Gasteiger partial charge in [-0.1, -0.05) is 29.3 Å². The second kappa shape index (κ2) is 8.08. The summed E-state index contributed by atoms with van der Waals surface area (Å²) in [5.74, 6) is -0.521. The van der Waals surface area contributed by atoms with Gasteiger partial charge in [0, 0.05) is 30.0 Å². The summed E-state index contributed by atoms with van der Waals surface area (Å²) in [6.45, 7) is 1.08. The molecule has 23 heavy (non-hydrogen) atoms. The Morgan fingerprint density at radius 1 is 1.26 bits per heavy atom. The number of likely N-dealkylation sites (tertiary alicyclic amines) is 1. The van der Waals surface area contributed by atoms with Crippen LogP contribution in [-0.4, -0.2) is 36.1 Å². The van der Waals surface area contributed by atoms with E-state index in [0.717, 1.165) is 4.90 Å². The van der Waals surface area contributed by atoms with E-state index < -0.39 is 0 Å². The molecule has 0 bridgehead atoms. The summed E-state index contributed by atoms with van der Waals surface area (Å²) >= 11 is 13.9. The van der Waals surface area contributed by atoms with Crippen molar-refractivity contribution in [2.24, 2.45) is 11.7 Å². The third kappa shape index (κ3) is 4.43. The van der Waals surface area contributed by atoms with Crippen molar-refractivity contribution in [1.82, 2.24) is 4.90 Å². The minimum Gasteiger partial charge on any atom is -0.369 e. The van der Waals surface area contributed by atoms with E-state index in [9.17, 15) is 9.59 Å². The first-order valence-electron chi connectivity index (χ1n) is 7.22. The van der Waals surface area contributed by atoms with Crippen LogP contribution in [0.4, 0.5) is 0 Å². The Bertz CT molecular complexity index is 641. The third-order valence-corrected chi connectivity index (χ3v) is 5.70. The first-order chi connectivity index (χ1) is 10.9. The van der Waals surface area contributed by atoms with Gasteiger partial charge in [-0.2, -0.15) is 0 Å². The van der Waals surface area contributed by atoms with Crippen molar-refractivity contribution in [1.29, 1.82) is 0 Å². The van der Waals surface area contributed by atoms with Gasteiger partial charge in [-0.3, -0.25) is 9.59 Å². The highest BCUT2D eigenvalue weighted by atomic mass is 35.5. The van der Waals surface area contributed by atoms with Crippen molar-refractivity contribution < 1.29 is 9.59 Å². The van der Waals surface area contributed by atoms with Crippen LogP contribution in [0.15, 0.2) is 23.1 Å². The molecule has 0 spiro atoms.